The summed E-state index contributed by atoms with van der Waals surface area (Å²) in [6.45, 7) is 17.5. The third kappa shape index (κ3) is 11.9. The first-order chi connectivity index (χ1) is 26.0. The number of ketones is 1. The summed E-state index contributed by atoms with van der Waals surface area (Å²) in [7, 11) is 0. The van der Waals surface area contributed by atoms with Gasteiger partial charge in [-0.15, -0.1) is 11.6 Å². The molecule has 4 nitrogen and oxygen atoms in total. The van der Waals surface area contributed by atoms with Crippen molar-refractivity contribution in [2.75, 3.05) is 6.54 Å². The van der Waals surface area contributed by atoms with E-state index < -0.39 is 11.7 Å². The fourth-order valence-corrected chi connectivity index (χ4v) is 8.91. The quantitative estimate of drug-likeness (QED) is 0.0773. The van der Waals surface area contributed by atoms with Crippen LogP contribution in [0.4, 0.5) is 13.2 Å². The second kappa shape index (κ2) is 20.0. The van der Waals surface area contributed by atoms with Crippen molar-refractivity contribution in [1.29, 1.82) is 10.8 Å². The molecule has 0 saturated heterocycles. The molecule has 1 aromatic rings. The lowest BCUT2D eigenvalue weighted by Gasteiger charge is -2.33. The first kappa shape index (κ1) is 44.1. The van der Waals surface area contributed by atoms with Gasteiger partial charge in [0.15, 0.2) is 11.6 Å². The molecule has 1 aromatic carbocycles. The molecule has 0 radical (unpaired) electrons. The normalized spacial score (nSPS) is 26.5. The van der Waals surface area contributed by atoms with Crippen LogP contribution in [-0.4, -0.2) is 34.3 Å². The molecule has 1 heterocycles. The van der Waals surface area contributed by atoms with Crippen molar-refractivity contribution in [1.82, 2.24) is 4.90 Å². The lowest BCUT2D eigenvalue weighted by Crippen LogP contribution is -2.40. The largest absolute Gasteiger partial charge is 0.416 e. The lowest BCUT2D eigenvalue weighted by atomic mass is 9.73. The second-order valence-corrected chi connectivity index (χ2v) is 16.8. The molecular weight excluding hydrogens is 715 g/mol. The van der Waals surface area contributed by atoms with E-state index in [1.54, 1.807) is 18.2 Å². The summed E-state index contributed by atoms with van der Waals surface area (Å²) in [5.41, 5.74) is 3.44. The second-order valence-electron chi connectivity index (χ2n) is 16.2. The van der Waals surface area contributed by atoms with Crippen LogP contribution in [0.1, 0.15) is 116 Å². The zero-order valence-corrected chi connectivity index (χ0v) is 34.5. The first-order valence-corrected chi connectivity index (χ1v) is 20.7. The number of benzene rings is 1. The van der Waals surface area contributed by atoms with Crippen LogP contribution in [0.25, 0.3) is 0 Å². The molecule has 1 saturated carbocycles. The van der Waals surface area contributed by atoms with Gasteiger partial charge in [-0.05, 0) is 127 Å². The Morgan fingerprint density at radius 3 is 2.44 bits per heavy atom. The van der Waals surface area contributed by atoms with Crippen LogP contribution in [0.5, 0.6) is 0 Å². The summed E-state index contributed by atoms with van der Waals surface area (Å²) in [6, 6.07) is 4.79. The van der Waals surface area contributed by atoms with Gasteiger partial charge in [0, 0.05) is 25.0 Å². The highest BCUT2D eigenvalue weighted by Gasteiger charge is 2.34. The number of rotatable bonds is 11. The van der Waals surface area contributed by atoms with Crippen molar-refractivity contribution >= 4 is 29.1 Å². The third-order valence-electron chi connectivity index (χ3n) is 12.4. The van der Waals surface area contributed by atoms with E-state index in [4.69, 9.17) is 22.4 Å². The summed E-state index contributed by atoms with van der Waals surface area (Å²) in [5.74, 6) is 8.47. The molecule has 1 fully saturated rings. The highest BCUT2D eigenvalue weighted by atomic mass is 35.5. The maximum atomic E-state index is 14.4. The molecule has 7 unspecified atom stereocenters. The maximum Gasteiger partial charge on any atom is 0.416 e. The van der Waals surface area contributed by atoms with Gasteiger partial charge in [0.2, 0.25) is 0 Å². The number of Topliss-reactive ketones (excluding diaryl/α,β-unsaturated/α-hetero) is 1. The van der Waals surface area contributed by atoms with Crippen LogP contribution in [0.2, 0.25) is 0 Å². The SMILES string of the molecule is C=C(C=CC)C1=C(C#CC(=N)N2CC(Cl)C=CC2=N)CC(C(=O)CCCc2ccc(CCC3CCC(C)C(CC)CCC3C)c(C(F)(F)F)c2)=CC(C)C1C. The van der Waals surface area contributed by atoms with E-state index in [0.717, 1.165) is 42.7 Å². The first-order valence-electron chi connectivity index (χ1n) is 20.3. The fourth-order valence-electron chi connectivity index (χ4n) is 8.70. The Labute approximate surface area is 333 Å². The molecule has 2 aliphatic carbocycles. The minimum absolute atomic E-state index is 0.00362. The van der Waals surface area contributed by atoms with Gasteiger partial charge in [-0.25, -0.2) is 0 Å². The maximum absolute atomic E-state index is 14.4. The average molecular weight is 776 g/mol. The Bertz CT molecular complexity index is 1770. The minimum Gasteiger partial charge on any atom is -0.303 e. The zero-order valence-electron chi connectivity index (χ0n) is 33.7. The number of hydrogen-bond donors (Lipinski definition) is 2. The van der Waals surface area contributed by atoms with E-state index in [0.29, 0.717) is 59.3 Å². The van der Waals surface area contributed by atoms with E-state index in [9.17, 15) is 18.0 Å². The summed E-state index contributed by atoms with van der Waals surface area (Å²) >= 11 is 6.26. The van der Waals surface area contributed by atoms with Gasteiger partial charge in [-0.1, -0.05) is 103 Å². The highest BCUT2D eigenvalue weighted by molar-refractivity contribution is 6.23. The van der Waals surface area contributed by atoms with Gasteiger partial charge in [0.1, 0.15) is 5.84 Å². The Morgan fingerprint density at radius 1 is 1.07 bits per heavy atom. The van der Waals surface area contributed by atoms with Crippen molar-refractivity contribution in [3.8, 4) is 11.8 Å². The van der Waals surface area contributed by atoms with Crippen molar-refractivity contribution in [2.45, 2.75) is 124 Å². The van der Waals surface area contributed by atoms with Crippen LogP contribution in [-0.2, 0) is 23.8 Å². The number of nitrogens with zero attached hydrogens (tertiary/aromatic N) is 1. The number of carbonyl (C=O) groups excluding carboxylic acids is 1. The monoisotopic (exact) mass is 775 g/mol. The lowest BCUT2D eigenvalue weighted by molar-refractivity contribution is -0.138. The van der Waals surface area contributed by atoms with Crippen LogP contribution in [0.15, 0.2) is 77.5 Å². The molecule has 7 atom stereocenters. The number of halogens is 4. The molecule has 0 bridgehead atoms. The Kier molecular flexibility index (Phi) is 16.0. The zero-order chi connectivity index (χ0) is 40.4. The molecule has 0 amide bonds. The standard InChI is InChI=1S/C47H61ClF3N3O/c1-8-11-32(5)46-34(7)33(6)26-40(28-39(46)22-24-44(52)54-29-41(48)23-25-45(54)53)43(55)13-10-12-35-16-19-38(42(27-35)47(49,50)51)21-20-37-18-15-30(3)36(9-2)17-14-31(37)4/h8,11,16,19,23,25-27,30-31,33-34,36-37,41,52-53H,5,9-10,12-15,17-18,20-21,28-29H2,1-4,6-7H3. The van der Waals surface area contributed by atoms with Gasteiger partial charge in [0.05, 0.1) is 10.9 Å². The molecule has 1 aliphatic heterocycles. The molecule has 2 N–H and O–H groups in total. The molecule has 4 rings (SSSR count). The van der Waals surface area contributed by atoms with Gasteiger partial charge < -0.3 is 4.90 Å². The number of allylic oxidation sites excluding steroid dienone is 7. The van der Waals surface area contributed by atoms with Gasteiger partial charge in [0.25, 0.3) is 0 Å². The van der Waals surface area contributed by atoms with Gasteiger partial charge in [-0.2, -0.15) is 13.2 Å². The highest BCUT2D eigenvalue weighted by Crippen LogP contribution is 2.40. The predicted molar refractivity (Wildman–Crippen MR) is 223 cm³/mol. The van der Waals surface area contributed by atoms with Gasteiger partial charge >= 0.3 is 6.18 Å². The van der Waals surface area contributed by atoms with E-state index >= 15 is 0 Å². The summed E-state index contributed by atoms with van der Waals surface area (Å²) in [6.07, 6.45) is 12.9. The molecule has 8 heteroatoms. The topological polar surface area (TPSA) is 68.0 Å². The molecular formula is C47H61ClF3N3O. The van der Waals surface area contributed by atoms with E-state index in [-0.39, 0.29) is 54.1 Å². The van der Waals surface area contributed by atoms with E-state index in [1.807, 2.05) is 31.2 Å². The number of carbonyl (C=O) groups is 1. The van der Waals surface area contributed by atoms with Crippen molar-refractivity contribution < 1.29 is 18.0 Å². The smallest absolute Gasteiger partial charge is 0.303 e. The van der Waals surface area contributed by atoms with Crippen molar-refractivity contribution in [3.05, 3.63) is 94.1 Å². The molecule has 0 spiro atoms. The minimum atomic E-state index is -4.44. The number of aryl methyl sites for hydroxylation is 2. The van der Waals surface area contributed by atoms with Gasteiger partial charge in [-0.3, -0.25) is 15.6 Å². The molecule has 0 aromatic heterocycles. The summed E-state index contributed by atoms with van der Waals surface area (Å²) in [4.78, 5) is 15.2. The number of nitrogens with one attached hydrogen (secondary N) is 2. The fraction of sp³-hybridized carbons (Fsp3) is 0.553. The predicted octanol–water partition coefficient (Wildman–Crippen LogP) is 12.5. The van der Waals surface area contributed by atoms with E-state index in [1.165, 1.54) is 23.8 Å². The van der Waals surface area contributed by atoms with Crippen LogP contribution < -0.4 is 0 Å². The Morgan fingerprint density at radius 2 is 1.76 bits per heavy atom. The Balaban J connectivity index is 1.47. The van der Waals surface area contributed by atoms with Crippen LogP contribution in [0, 0.1) is 58.2 Å². The molecule has 3 aliphatic rings. The number of amidine groups is 2. The third-order valence-corrected chi connectivity index (χ3v) is 12.7. The number of alkyl halides is 4. The average Bonchev–Trinajstić information content (AvgIpc) is 3.26. The summed E-state index contributed by atoms with van der Waals surface area (Å²) in [5, 5.41) is 16.5. The van der Waals surface area contributed by atoms with Crippen LogP contribution >= 0.6 is 11.6 Å². The molecule has 298 valence electrons. The van der Waals surface area contributed by atoms with Crippen molar-refractivity contribution in [2.24, 2.45) is 35.5 Å². The summed E-state index contributed by atoms with van der Waals surface area (Å²) < 4.78 is 43.3. The number of hydrogen-bond acceptors (Lipinski definition) is 3. The Hall–Kier alpha value is -3.63. The van der Waals surface area contributed by atoms with Crippen LogP contribution in [0.3, 0.4) is 0 Å². The van der Waals surface area contributed by atoms with Crippen molar-refractivity contribution in [3.63, 3.8) is 0 Å². The molecule has 55 heavy (non-hydrogen) atoms. The van der Waals surface area contributed by atoms with E-state index in [2.05, 4.69) is 53.0 Å².